The SMILES string of the molecule is O=C(Nc1nn(Cc2ccccc2)cc1Cl)c1ccn(COc2ccccc2[N+](=O)[O-])n1. The van der Waals surface area contributed by atoms with Crippen molar-refractivity contribution in [3.8, 4) is 5.75 Å². The number of carbonyl (C=O) groups excluding carboxylic acids is 1. The van der Waals surface area contributed by atoms with E-state index in [1.54, 1.807) is 23.0 Å². The van der Waals surface area contributed by atoms with Crippen molar-refractivity contribution in [3.63, 3.8) is 0 Å². The first-order chi connectivity index (χ1) is 15.5. The molecule has 2 heterocycles. The second kappa shape index (κ2) is 9.31. The Labute approximate surface area is 187 Å². The maximum atomic E-state index is 12.5. The van der Waals surface area contributed by atoms with E-state index < -0.39 is 10.8 Å². The number of benzene rings is 2. The summed E-state index contributed by atoms with van der Waals surface area (Å²) in [6.07, 6.45) is 3.16. The number of para-hydroxylation sites is 2. The Morgan fingerprint density at radius 3 is 2.59 bits per heavy atom. The van der Waals surface area contributed by atoms with Crippen molar-refractivity contribution in [1.29, 1.82) is 0 Å². The summed E-state index contributed by atoms with van der Waals surface area (Å²) in [7, 11) is 0. The fourth-order valence-electron chi connectivity index (χ4n) is 2.93. The maximum Gasteiger partial charge on any atom is 0.311 e. The monoisotopic (exact) mass is 452 g/mol. The van der Waals surface area contributed by atoms with Crippen LogP contribution < -0.4 is 10.1 Å². The number of amides is 1. The lowest BCUT2D eigenvalue weighted by atomic mass is 10.2. The number of nitrogens with one attached hydrogen (secondary N) is 1. The molecule has 0 spiro atoms. The third-order valence-corrected chi connectivity index (χ3v) is 4.70. The first-order valence-electron chi connectivity index (χ1n) is 9.47. The number of aromatic nitrogens is 4. The number of hydrogen-bond acceptors (Lipinski definition) is 6. The number of ether oxygens (including phenoxy) is 1. The van der Waals surface area contributed by atoms with Gasteiger partial charge in [-0.3, -0.25) is 19.6 Å². The molecule has 0 bridgehead atoms. The van der Waals surface area contributed by atoms with Gasteiger partial charge in [-0.1, -0.05) is 54.1 Å². The van der Waals surface area contributed by atoms with Crippen molar-refractivity contribution in [2.45, 2.75) is 13.3 Å². The van der Waals surface area contributed by atoms with Crippen molar-refractivity contribution < 1.29 is 14.5 Å². The Balaban J connectivity index is 1.39. The number of nitro groups is 1. The molecule has 2 aromatic heterocycles. The molecule has 11 heteroatoms. The molecule has 10 nitrogen and oxygen atoms in total. The lowest BCUT2D eigenvalue weighted by molar-refractivity contribution is -0.386. The topological polar surface area (TPSA) is 117 Å². The minimum atomic E-state index is -0.530. The highest BCUT2D eigenvalue weighted by Gasteiger charge is 2.16. The Kier molecular flexibility index (Phi) is 6.13. The van der Waals surface area contributed by atoms with Crippen LogP contribution in [0.2, 0.25) is 5.02 Å². The van der Waals surface area contributed by atoms with Crippen LogP contribution in [0.3, 0.4) is 0 Å². The molecule has 0 saturated carbocycles. The van der Waals surface area contributed by atoms with Crippen LogP contribution in [0.1, 0.15) is 16.1 Å². The molecular weight excluding hydrogens is 436 g/mol. The summed E-state index contributed by atoms with van der Waals surface area (Å²) in [6, 6.07) is 17.2. The molecule has 162 valence electrons. The highest BCUT2D eigenvalue weighted by Crippen LogP contribution is 2.26. The van der Waals surface area contributed by atoms with Crippen LogP contribution in [0.5, 0.6) is 5.75 Å². The Hall–Kier alpha value is -4.18. The molecule has 1 amide bonds. The van der Waals surface area contributed by atoms with Crippen LogP contribution >= 0.6 is 11.6 Å². The number of halogens is 1. The van der Waals surface area contributed by atoms with Crippen LogP contribution in [0.4, 0.5) is 11.5 Å². The Morgan fingerprint density at radius 1 is 1.06 bits per heavy atom. The second-order valence-corrected chi connectivity index (χ2v) is 7.11. The molecule has 0 atom stereocenters. The van der Waals surface area contributed by atoms with E-state index in [0.717, 1.165) is 5.56 Å². The number of rotatable bonds is 8. The summed E-state index contributed by atoms with van der Waals surface area (Å²) in [5.41, 5.74) is 1.00. The van der Waals surface area contributed by atoms with E-state index in [4.69, 9.17) is 16.3 Å². The normalized spacial score (nSPS) is 10.7. The third-order valence-electron chi connectivity index (χ3n) is 4.42. The average molecular weight is 453 g/mol. The summed E-state index contributed by atoms with van der Waals surface area (Å²) >= 11 is 6.21. The van der Waals surface area contributed by atoms with E-state index in [2.05, 4.69) is 15.5 Å². The minimum absolute atomic E-state index is 0.106. The quantitative estimate of drug-likeness (QED) is 0.319. The summed E-state index contributed by atoms with van der Waals surface area (Å²) in [6.45, 7) is 0.401. The molecule has 4 rings (SSSR count). The predicted octanol–water partition coefficient (Wildman–Crippen LogP) is 3.98. The van der Waals surface area contributed by atoms with E-state index in [-0.39, 0.29) is 29.7 Å². The zero-order chi connectivity index (χ0) is 22.5. The van der Waals surface area contributed by atoms with Crippen molar-refractivity contribution in [2.75, 3.05) is 5.32 Å². The van der Waals surface area contributed by atoms with E-state index >= 15 is 0 Å². The molecular formula is C21H17ClN6O4. The first kappa shape index (κ1) is 21.1. The van der Waals surface area contributed by atoms with Gasteiger partial charge in [0.15, 0.2) is 24.0 Å². The lowest BCUT2D eigenvalue weighted by Gasteiger charge is -2.06. The molecule has 0 unspecified atom stereocenters. The van der Waals surface area contributed by atoms with Gasteiger partial charge in [-0.15, -0.1) is 0 Å². The zero-order valence-electron chi connectivity index (χ0n) is 16.6. The van der Waals surface area contributed by atoms with Gasteiger partial charge in [-0.05, 0) is 17.7 Å². The fourth-order valence-corrected chi connectivity index (χ4v) is 3.12. The number of nitrogens with zero attached hydrogens (tertiary/aromatic N) is 5. The maximum absolute atomic E-state index is 12.5. The summed E-state index contributed by atoms with van der Waals surface area (Å²) in [5, 5.41) is 22.4. The highest BCUT2D eigenvalue weighted by molar-refractivity contribution is 6.33. The zero-order valence-corrected chi connectivity index (χ0v) is 17.3. The summed E-state index contributed by atoms with van der Waals surface area (Å²) < 4.78 is 8.45. The van der Waals surface area contributed by atoms with Crippen molar-refractivity contribution in [3.05, 3.63) is 99.5 Å². The number of hydrogen-bond donors (Lipinski definition) is 1. The van der Waals surface area contributed by atoms with Gasteiger partial charge in [-0.2, -0.15) is 10.2 Å². The molecule has 1 N–H and O–H groups in total. The second-order valence-electron chi connectivity index (χ2n) is 6.70. The van der Waals surface area contributed by atoms with Crippen LogP contribution in [0.25, 0.3) is 0 Å². The van der Waals surface area contributed by atoms with E-state index in [0.29, 0.717) is 11.6 Å². The molecule has 0 aliphatic rings. The molecule has 0 aliphatic carbocycles. The van der Waals surface area contributed by atoms with Gasteiger partial charge in [0.05, 0.1) is 11.5 Å². The average Bonchev–Trinajstić information content (AvgIpc) is 3.40. The van der Waals surface area contributed by atoms with Gasteiger partial charge in [-0.25, -0.2) is 4.68 Å². The van der Waals surface area contributed by atoms with Crippen molar-refractivity contribution in [1.82, 2.24) is 19.6 Å². The number of carbonyl (C=O) groups is 1. The van der Waals surface area contributed by atoms with Gasteiger partial charge in [0.2, 0.25) is 0 Å². The standard InChI is InChI=1S/C21H17ClN6O4/c22-16-13-27(12-15-6-2-1-3-7-15)25-20(16)23-21(29)17-10-11-26(24-17)14-32-19-9-5-4-8-18(19)28(30)31/h1-11,13H,12,14H2,(H,23,25,29). The highest BCUT2D eigenvalue weighted by atomic mass is 35.5. The summed E-state index contributed by atoms with van der Waals surface area (Å²) in [5.74, 6) is -0.172. The molecule has 0 fully saturated rings. The number of anilines is 1. The third kappa shape index (κ3) is 4.93. The van der Waals surface area contributed by atoms with Crippen LogP contribution in [-0.4, -0.2) is 30.4 Å². The minimum Gasteiger partial charge on any atom is -0.464 e. The van der Waals surface area contributed by atoms with Gasteiger partial charge in [0.1, 0.15) is 5.02 Å². The molecule has 4 aromatic rings. The first-order valence-corrected chi connectivity index (χ1v) is 9.85. The fraction of sp³-hybridized carbons (Fsp3) is 0.0952. The van der Waals surface area contributed by atoms with Crippen molar-refractivity contribution >= 4 is 29.0 Å². The van der Waals surface area contributed by atoms with Gasteiger partial charge in [0, 0.05) is 18.5 Å². The Morgan fingerprint density at radius 2 is 1.81 bits per heavy atom. The van der Waals surface area contributed by atoms with Gasteiger partial charge >= 0.3 is 5.69 Å². The molecule has 32 heavy (non-hydrogen) atoms. The smallest absolute Gasteiger partial charge is 0.311 e. The van der Waals surface area contributed by atoms with Crippen molar-refractivity contribution in [2.24, 2.45) is 0 Å². The van der Waals surface area contributed by atoms with E-state index in [1.807, 2.05) is 30.3 Å². The molecule has 0 radical (unpaired) electrons. The van der Waals surface area contributed by atoms with Crippen LogP contribution in [0.15, 0.2) is 73.1 Å². The van der Waals surface area contributed by atoms with Gasteiger partial charge in [0.25, 0.3) is 5.91 Å². The van der Waals surface area contributed by atoms with Crippen LogP contribution in [-0.2, 0) is 13.3 Å². The predicted molar refractivity (Wildman–Crippen MR) is 117 cm³/mol. The van der Waals surface area contributed by atoms with E-state index in [1.165, 1.54) is 29.1 Å². The van der Waals surface area contributed by atoms with Crippen LogP contribution in [0, 0.1) is 10.1 Å². The summed E-state index contributed by atoms with van der Waals surface area (Å²) in [4.78, 5) is 23.1. The molecule has 0 aliphatic heterocycles. The lowest BCUT2D eigenvalue weighted by Crippen LogP contribution is -2.15. The Bertz CT molecular complexity index is 1250. The molecule has 0 saturated heterocycles. The van der Waals surface area contributed by atoms with E-state index in [9.17, 15) is 14.9 Å². The van der Waals surface area contributed by atoms with Gasteiger partial charge < -0.3 is 10.1 Å². The largest absolute Gasteiger partial charge is 0.464 e. The molecule has 2 aromatic carbocycles. The number of nitro benzene ring substituents is 1.